The van der Waals surface area contributed by atoms with Gasteiger partial charge in [-0.3, -0.25) is 14.3 Å². The Labute approximate surface area is 176 Å². The van der Waals surface area contributed by atoms with Crippen LogP contribution in [-0.4, -0.2) is 34.2 Å². The SMILES string of the molecule is COc1ccc(C2CCCCCN2C(=O)CCn2ncc(=O)c3ccccc32)cc1. The van der Waals surface area contributed by atoms with Crippen LogP contribution in [0, 0.1) is 0 Å². The molecular weight excluding hydrogens is 378 g/mol. The molecule has 0 saturated carbocycles. The third-order valence-electron chi connectivity index (χ3n) is 5.87. The second kappa shape index (κ2) is 9.11. The highest BCUT2D eigenvalue weighted by molar-refractivity contribution is 5.79. The van der Waals surface area contributed by atoms with E-state index in [-0.39, 0.29) is 17.4 Å². The highest BCUT2D eigenvalue weighted by Gasteiger charge is 2.26. The summed E-state index contributed by atoms with van der Waals surface area (Å²) in [5.41, 5.74) is 1.82. The number of hydrogen-bond donors (Lipinski definition) is 0. The van der Waals surface area contributed by atoms with Gasteiger partial charge in [-0.25, -0.2) is 0 Å². The Morgan fingerprint density at radius 2 is 1.90 bits per heavy atom. The minimum atomic E-state index is -0.0970. The number of benzene rings is 2. The highest BCUT2D eigenvalue weighted by Crippen LogP contribution is 2.31. The van der Waals surface area contributed by atoms with Crippen LogP contribution in [0.4, 0.5) is 0 Å². The first kappa shape index (κ1) is 20.1. The van der Waals surface area contributed by atoms with E-state index in [0.717, 1.165) is 49.1 Å². The van der Waals surface area contributed by atoms with Crippen LogP contribution < -0.4 is 10.2 Å². The molecule has 1 aliphatic heterocycles. The summed E-state index contributed by atoms with van der Waals surface area (Å²) in [5, 5.41) is 4.89. The molecule has 2 aromatic carbocycles. The van der Waals surface area contributed by atoms with Gasteiger partial charge in [0.05, 0.1) is 31.4 Å². The van der Waals surface area contributed by atoms with Crippen LogP contribution in [0.15, 0.2) is 59.5 Å². The van der Waals surface area contributed by atoms with E-state index in [0.29, 0.717) is 18.4 Å². The van der Waals surface area contributed by atoms with Gasteiger partial charge in [0.1, 0.15) is 5.75 Å². The maximum Gasteiger partial charge on any atom is 0.224 e. The summed E-state index contributed by atoms with van der Waals surface area (Å²) >= 11 is 0. The fourth-order valence-electron chi connectivity index (χ4n) is 4.26. The molecule has 0 radical (unpaired) electrons. The molecule has 2 heterocycles. The summed E-state index contributed by atoms with van der Waals surface area (Å²) in [7, 11) is 1.66. The number of likely N-dealkylation sites (tertiary alicyclic amines) is 1. The summed E-state index contributed by atoms with van der Waals surface area (Å²) in [6.45, 7) is 1.22. The molecule has 0 aliphatic carbocycles. The molecule has 6 heteroatoms. The highest BCUT2D eigenvalue weighted by atomic mass is 16.5. The van der Waals surface area contributed by atoms with Crippen LogP contribution in [0.5, 0.6) is 5.75 Å². The largest absolute Gasteiger partial charge is 0.497 e. The quantitative estimate of drug-likeness (QED) is 0.645. The van der Waals surface area contributed by atoms with Crippen molar-refractivity contribution in [2.75, 3.05) is 13.7 Å². The van der Waals surface area contributed by atoms with E-state index < -0.39 is 0 Å². The van der Waals surface area contributed by atoms with E-state index in [1.54, 1.807) is 17.9 Å². The van der Waals surface area contributed by atoms with Gasteiger partial charge in [0.15, 0.2) is 0 Å². The fourth-order valence-corrected chi connectivity index (χ4v) is 4.26. The molecule has 30 heavy (non-hydrogen) atoms. The third-order valence-corrected chi connectivity index (χ3v) is 5.87. The number of hydrogen-bond acceptors (Lipinski definition) is 4. The van der Waals surface area contributed by atoms with Gasteiger partial charge in [-0.15, -0.1) is 0 Å². The normalized spacial score (nSPS) is 17.0. The zero-order valence-electron chi connectivity index (χ0n) is 17.3. The van der Waals surface area contributed by atoms with Crippen molar-refractivity contribution in [1.82, 2.24) is 14.7 Å². The lowest BCUT2D eigenvalue weighted by atomic mass is 10.0. The predicted molar refractivity (Wildman–Crippen MR) is 117 cm³/mol. The molecule has 1 saturated heterocycles. The van der Waals surface area contributed by atoms with Crippen LogP contribution in [0.2, 0.25) is 0 Å². The van der Waals surface area contributed by atoms with Gasteiger partial charge in [0.25, 0.3) is 0 Å². The Kier molecular flexibility index (Phi) is 6.12. The number of carbonyl (C=O) groups excluding carboxylic acids is 1. The Morgan fingerprint density at radius 1 is 1.10 bits per heavy atom. The van der Waals surface area contributed by atoms with Crippen LogP contribution in [0.3, 0.4) is 0 Å². The van der Waals surface area contributed by atoms with Crippen molar-refractivity contribution >= 4 is 16.8 Å². The lowest BCUT2D eigenvalue weighted by Crippen LogP contribution is -2.35. The lowest BCUT2D eigenvalue weighted by Gasteiger charge is -2.31. The first-order valence-corrected chi connectivity index (χ1v) is 10.6. The van der Waals surface area contributed by atoms with Gasteiger partial charge in [0, 0.05) is 18.4 Å². The van der Waals surface area contributed by atoms with Gasteiger partial charge >= 0.3 is 0 Å². The van der Waals surface area contributed by atoms with Gasteiger partial charge < -0.3 is 9.64 Å². The second-order valence-electron chi connectivity index (χ2n) is 7.72. The fraction of sp³-hybridized carbons (Fsp3) is 0.375. The molecule has 3 aromatic rings. The number of fused-ring (bicyclic) bond motifs is 1. The van der Waals surface area contributed by atoms with Gasteiger partial charge in [-0.1, -0.05) is 37.1 Å². The van der Waals surface area contributed by atoms with Crippen LogP contribution in [-0.2, 0) is 11.3 Å². The number of carbonyl (C=O) groups is 1. The third kappa shape index (κ3) is 4.22. The molecule has 1 aromatic heterocycles. The standard InChI is InChI=1S/C24H27N3O3/c1-30-19-12-10-18(11-13-19)21-8-3-2-6-15-26(21)24(29)14-16-27-22-9-5-4-7-20(22)23(28)17-25-27/h4-5,7,9-13,17,21H,2-3,6,8,14-16H2,1H3. The molecule has 1 atom stereocenters. The molecule has 0 N–H and O–H groups in total. The molecule has 6 nitrogen and oxygen atoms in total. The molecule has 1 aliphatic rings. The Morgan fingerprint density at radius 3 is 2.70 bits per heavy atom. The second-order valence-corrected chi connectivity index (χ2v) is 7.72. The van der Waals surface area contributed by atoms with Gasteiger partial charge in [-0.2, -0.15) is 5.10 Å². The minimum absolute atomic E-state index is 0.0876. The first-order valence-electron chi connectivity index (χ1n) is 10.6. The molecule has 4 rings (SSSR count). The van der Waals surface area contributed by atoms with E-state index in [2.05, 4.69) is 17.2 Å². The summed E-state index contributed by atoms with van der Waals surface area (Å²) in [6, 6.07) is 15.5. The molecule has 1 unspecified atom stereocenters. The Balaban J connectivity index is 1.53. The van der Waals surface area contributed by atoms with Crippen LogP contribution in [0.25, 0.3) is 10.9 Å². The van der Waals surface area contributed by atoms with Gasteiger partial charge in [-0.05, 0) is 42.7 Å². The average molecular weight is 405 g/mol. The monoisotopic (exact) mass is 405 g/mol. The van der Waals surface area contributed by atoms with Crippen LogP contribution >= 0.6 is 0 Å². The van der Waals surface area contributed by atoms with E-state index >= 15 is 0 Å². The van der Waals surface area contributed by atoms with Crippen molar-refractivity contribution in [2.45, 2.75) is 44.7 Å². The summed E-state index contributed by atoms with van der Waals surface area (Å²) in [5.74, 6) is 0.948. The number of aromatic nitrogens is 2. The van der Waals surface area contributed by atoms with Crippen LogP contribution in [0.1, 0.15) is 43.7 Å². The van der Waals surface area contributed by atoms with Crippen molar-refractivity contribution in [1.29, 1.82) is 0 Å². The van der Waals surface area contributed by atoms with Gasteiger partial charge in [0.2, 0.25) is 11.3 Å². The number of rotatable bonds is 5. The zero-order valence-corrected chi connectivity index (χ0v) is 17.3. The maximum atomic E-state index is 13.2. The number of amides is 1. The molecule has 156 valence electrons. The van der Waals surface area contributed by atoms with Crippen molar-refractivity contribution in [2.24, 2.45) is 0 Å². The Bertz CT molecular complexity index is 1070. The lowest BCUT2D eigenvalue weighted by molar-refractivity contribution is -0.133. The molecular formula is C24H27N3O3. The Hall–Kier alpha value is -3.15. The topological polar surface area (TPSA) is 64.4 Å². The molecule has 0 bridgehead atoms. The number of ether oxygens (including phenoxy) is 1. The smallest absolute Gasteiger partial charge is 0.224 e. The summed E-state index contributed by atoms with van der Waals surface area (Å²) in [4.78, 5) is 27.3. The van der Waals surface area contributed by atoms with Crippen molar-refractivity contribution < 1.29 is 9.53 Å². The molecule has 1 amide bonds. The minimum Gasteiger partial charge on any atom is -0.497 e. The molecule has 1 fully saturated rings. The number of para-hydroxylation sites is 1. The average Bonchev–Trinajstić information content (AvgIpc) is 3.05. The predicted octanol–water partition coefficient (Wildman–Crippen LogP) is 3.94. The zero-order chi connectivity index (χ0) is 20.9. The molecule has 0 spiro atoms. The number of aryl methyl sites for hydroxylation is 1. The van der Waals surface area contributed by atoms with E-state index in [1.807, 2.05) is 35.2 Å². The van der Waals surface area contributed by atoms with Crippen molar-refractivity contribution in [3.8, 4) is 5.75 Å². The maximum absolute atomic E-state index is 13.2. The van der Waals surface area contributed by atoms with Crippen molar-refractivity contribution in [3.05, 3.63) is 70.5 Å². The number of methoxy groups -OCH3 is 1. The summed E-state index contributed by atoms with van der Waals surface area (Å²) in [6.07, 6.45) is 5.94. The van der Waals surface area contributed by atoms with E-state index in [9.17, 15) is 9.59 Å². The van der Waals surface area contributed by atoms with E-state index in [1.165, 1.54) is 6.20 Å². The number of nitrogens with zero attached hydrogens (tertiary/aromatic N) is 3. The first-order chi connectivity index (χ1) is 14.7. The summed E-state index contributed by atoms with van der Waals surface area (Å²) < 4.78 is 7.03. The van der Waals surface area contributed by atoms with Crippen molar-refractivity contribution in [3.63, 3.8) is 0 Å². The van der Waals surface area contributed by atoms with E-state index in [4.69, 9.17) is 4.74 Å².